The average molecular weight is 442 g/mol. The molecule has 162 valence electrons. The monoisotopic (exact) mass is 442 g/mol. The van der Waals surface area contributed by atoms with E-state index in [2.05, 4.69) is 42.5 Å². The molecule has 0 aliphatic heterocycles. The highest BCUT2D eigenvalue weighted by molar-refractivity contribution is 6.36. The van der Waals surface area contributed by atoms with Crippen LogP contribution in [0.25, 0.3) is 53.9 Å². The fraction of sp³-hybridized carbons (Fsp3) is 0.0667. The van der Waals surface area contributed by atoms with Crippen LogP contribution >= 0.6 is 0 Å². The molecule has 0 saturated carbocycles. The van der Waals surface area contributed by atoms with E-state index in [-0.39, 0.29) is 0 Å². The molecule has 4 nitrogen and oxygen atoms in total. The SMILES string of the molecule is O=c1oc(=O)c2c1cc1c3cccc4ccc(COCc5ccccc5)c(c5cccc2c15)c43. The maximum Gasteiger partial charge on any atom is 0.347 e. The van der Waals surface area contributed by atoms with Gasteiger partial charge in [-0.25, -0.2) is 9.59 Å². The van der Waals surface area contributed by atoms with E-state index in [4.69, 9.17) is 9.15 Å². The van der Waals surface area contributed by atoms with Gasteiger partial charge >= 0.3 is 11.3 Å². The second-order valence-electron chi connectivity index (χ2n) is 8.73. The van der Waals surface area contributed by atoms with E-state index in [1.165, 1.54) is 0 Å². The van der Waals surface area contributed by atoms with Gasteiger partial charge in [-0.05, 0) is 60.3 Å². The van der Waals surface area contributed by atoms with Crippen molar-refractivity contribution in [1.29, 1.82) is 0 Å². The first kappa shape index (κ1) is 19.2. The Bertz CT molecular complexity index is 1970. The summed E-state index contributed by atoms with van der Waals surface area (Å²) in [4.78, 5) is 24.9. The van der Waals surface area contributed by atoms with Crippen LogP contribution in [0.4, 0.5) is 0 Å². The smallest absolute Gasteiger partial charge is 0.347 e. The van der Waals surface area contributed by atoms with Crippen molar-refractivity contribution >= 4 is 53.9 Å². The van der Waals surface area contributed by atoms with Gasteiger partial charge in [0, 0.05) is 0 Å². The van der Waals surface area contributed by atoms with Crippen LogP contribution < -0.4 is 11.3 Å². The molecule has 1 heterocycles. The Morgan fingerprint density at radius 2 is 1.32 bits per heavy atom. The van der Waals surface area contributed by atoms with Crippen molar-refractivity contribution in [2.24, 2.45) is 0 Å². The molecule has 0 N–H and O–H groups in total. The maximum atomic E-state index is 12.5. The average Bonchev–Trinajstić information content (AvgIpc) is 3.16. The highest BCUT2D eigenvalue weighted by Crippen LogP contribution is 2.43. The number of hydrogen-bond donors (Lipinski definition) is 0. The number of fused-ring (bicyclic) bond motifs is 4. The van der Waals surface area contributed by atoms with E-state index in [9.17, 15) is 9.59 Å². The quantitative estimate of drug-likeness (QED) is 0.235. The van der Waals surface area contributed by atoms with Crippen molar-refractivity contribution in [2.75, 3.05) is 0 Å². The molecule has 0 unspecified atom stereocenters. The minimum atomic E-state index is -0.579. The zero-order valence-electron chi connectivity index (χ0n) is 18.1. The summed E-state index contributed by atoms with van der Waals surface area (Å²) in [7, 11) is 0. The lowest BCUT2D eigenvalue weighted by Crippen LogP contribution is -1.98. The Morgan fingerprint density at radius 1 is 0.559 bits per heavy atom. The number of ether oxygens (including phenoxy) is 1. The zero-order valence-corrected chi connectivity index (χ0v) is 18.1. The second kappa shape index (κ2) is 7.11. The van der Waals surface area contributed by atoms with Crippen LogP contribution in [0.15, 0.2) is 98.9 Å². The van der Waals surface area contributed by atoms with Crippen LogP contribution in [0.1, 0.15) is 11.1 Å². The molecule has 0 bridgehead atoms. The first-order chi connectivity index (χ1) is 16.7. The molecule has 0 fully saturated rings. The van der Waals surface area contributed by atoms with Crippen LogP contribution in [-0.4, -0.2) is 0 Å². The molecule has 6 aromatic carbocycles. The molecule has 0 radical (unpaired) electrons. The molecule has 0 aliphatic carbocycles. The van der Waals surface area contributed by atoms with Crippen LogP contribution in [0.2, 0.25) is 0 Å². The maximum absolute atomic E-state index is 12.5. The first-order valence-corrected chi connectivity index (χ1v) is 11.2. The topological polar surface area (TPSA) is 56.5 Å². The van der Waals surface area contributed by atoms with Crippen molar-refractivity contribution in [3.8, 4) is 0 Å². The van der Waals surface area contributed by atoms with Gasteiger partial charge in [-0.2, -0.15) is 0 Å². The van der Waals surface area contributed by atoms with Crippen molar-refractivity contribution in [3.05, 3.63) is 117 Å². The normalized spacial score (nSPS) is 12.1. The summed E-state index contributed by atoms with van der Waals surface area (Å²) in [6.45, 7) is 0.994. The highest BCUT2D eigenvalue weighted by Gasteiger charge is 2.20. The minimum Gasteiger partial charge on any atom is -0.386 e. The summed E-state index contributed by atoms with van der Waals surface area (Å²) < 4.78 is 11.1. The molecule has 7 rings (SSSR count). The molecule has 1 aromatic heterocycles. The van der Waals surface area contributed by atoms with Gasteiger partial charge in [0.1, 0.15) is 0 Å². The third kappa shape index (κ3) is 2.63. The standard InChI is InChI=1S/C30H18O4/c31-29-24-14-23-20-9-4-8-18-12-13-19(16-33-15-17-6-2-1-3-7-17)26(25(18)20)21-10-5-11-22(27(21)23)28(24)30(32)34-29/h1-14H,15-16H2. The molecule has 0 atom stereocenters. The predicted molar refractivity (Wildman–Crippen MR) is 136 cm³/mol. The Hall–Kier alpha value is -4.28. The van der Waals surface area contributed by atoms with Gasteiger partial charge in [0.15, 0.2) is 0 Å². The van der Waals surface area contributed by atoms with E-state index in [0.717, 1.165) is 54.2 Å². The van der Waals surface area contributed by atoms with E-state index in [0.29, 0.717) is 24.0 Å². The van der Waals surface area contributed by atoms with Gasteiger partial charge in [-0.3, -0.25) is 0 Å². The van der Waals surface area contributed by atoms with Crippen molar-refractivity contribution in [3.63, 3.8) is 0 Å². The van der Waals surface area contributed by atoms with Gasteiger partial charge < -0.3 is 9.15 Å². The third-order valence-corrected chi connectivity index (χ3v) is 6.83. The number of benzene rings is 6. The Balaban J connectivity index is 1.56. The van der Waals surface area contributed by atoms with Gasteiger partial charge in [0.25, 0.3) is 0 Å². The van der Waals surface area contributed by atoms with Crippen molar-refractivity contribution in [2.45, 2.75) is 13.2 Å². The van der Waals surface area contributed by atoms with Gasteiger partial charge in [0.2, 0.25) is 0 Å². The lowest BCUT2D eigenvalue weighted by Gasteiger charge is -2.17. The van der Waals surface area contributed by atoms with E-state index in [1.807, 2.05) is 42.5 Å². The summed E-state index contributed by atoms with van der Waals surface area (Å²) in [6, 6.07) is 28.4. The van der Waals surface area contributed by atoms with Crippen LogP contribution in [-0.2, 0) is 18.0 Å². The summed E-state index contributed by atoms with van der Waals surface area (Å²) in [5.41, 5.74) is 1.06. The largest absolute Gasteiger partial charge is 0.386 e. The molecule has 0 spiro atoms. The van der Waals surface area contributed by atoms with Gasteiger partial charge in [0.05, 0.1) is 24.0 Å². The van der Waals surface area contributed by atoms with E-state index in [1.54, 1.807) is 0 Å². The molecule has 7 aromatic rings. The fourth-order valence-corrected chi connectivity index (χ4v) is 5.40. The number of rotatable bonds is 4. The summed E-state index contributed by atoms with van der Waals surface area (Å²) >= 11 is 0. The summed E-state index contributed by atoms with van der Waals surface area (Å²) in [5, 5.41) is 8.87. The van der Waals surface area contributed by atoms with Crippen LogP contribution in [0, 0.1) is 0 Å². The zero-order chi connectivity index (χ0) is 22.8. The van der Waals surface area contributed by atoms with Gasteiger partial charge in [-0.1, -0.05) is 78.9 Å². The molecular formula is C30H18O4. The summed E-state index contributed by atoms with van der Waals surface area (Å²) in [6.07, 6.45) is 0. The fourth-order valence-electron chi connectivity index (χ4n) is 5.40. The Morgan fingerprint density at radius 3 is 2.18 bits per heavy atom. The molecule has 34 heavy (non-hydrogen) atoms. The Labute approximate surface area is 193 Å². The minimum absolute atomic E-state index is 0.340. The van der Waals surface area contributed by atoms with Crippen molar-refractivity contribution < 1.29 is 9.15 Å². The number of furan rings is 1. The Kier molecular flexibility index (Phi) is 4.02. The van der Waals surface area contributed by atoms with Gasteiger partial charge in [-0.15, -0.1) is 0 Å². The van der Waals surface area contributed by atoms with Crippen LogP contribution in [0.3, 0.4) is 0 Å². The number of hydrogen-bond acceptors (Lipinski definition) is 4. The first-order valence-electron chi connectivity index (χ1n) is 11.2. The van der Waals surface area contributed by atoms with E-state index < -0.39 is 11.3 Å². The molecule has 0 amide bonds. The second-order valence-corrected chi connectivity index (χ2v) is 8.73. The summed E-state index contributed by atoms with van der Waals surface area (Å²) in [5.74, 6) is 0. The molecular weight excluding hydrogens is 424 g/mol. The highest BCUT2D eigenvalue weighted by atomic mass is 16.5. The van der Waals surface area contributed by atoms with Crippen molar-refractivity contribution in [1.82, 2.24) is 0 Å². The van der Waals surface area contributed by atoms with Crippen LogP contribution in [0.5, 0.6) is 0 Å². The molecule has 0 saturated heterocycles. The molecule has 0 aliphatic rings. The lowest BCUT2D eigenvalue weighted by molar-refractivity contribution is 0.108. The lowest BCUT2D eigenvalue weighted by atomic mass is 9.86. The van der Waals surface area contributed by atoms with E-state index >= 15 is 0 Å². The predicted octanol–water partition coefficient (Wildman–Crippen LogP) is 6.36. The molecule has 4 heteroatoms. The third-order valence-electron chi connectivity index (χ3n) is 6.83.